The van der Waals surface area contributed by atoms with E-state index in [1.54, 1.807) is 12.1 Å². The summed E-state index contributed by atoms with van der Waals surface area (Å²) < 4.78 is 32.4. The molecule has 0 fully saturated rings. The van der Waals surface area contributed by atoms with Gasteiger partial charge in [0, 0.05) is 6.42 Å². The highest BCUT2D eigenvalue weighted by molar-refractivity contribution is 6.32. The maximum absolute atomic E-state index is 12.5. The van der Waals surface area contributed by atoms with Crippen LogP contribution < -0.4 is 23.7 Å². The third kappa shape index (κ3) is 4.20. The number of fused-ring (bicyclic) bond motifs is 1. The zero-order valence-electron chi connectivity index (χ0n) is 15.9. The third-order valence-electron chi connectivity index (χ3n) is 4.13. The lowest BCUT2D eigenvalue weighted by Gasteiger charge is -2.14. The molecule has 1 aliphatic rings. The van der Waals surface area contributed by atoms with Crippen LogP contribution in [0.1, 0.15) is 22.3 Å². The quantitative estimate of drug-likeness (QED) is 0.671. The Bertz CT molecular complexity index is 841. The third-order valence-corrected chi connectivity index (χ3v) is 4.41. The van der Waals surface area contributed by atoms with E-state index in [1.165, 1.54) is 33.5 Å². The van der Waals surface area contributed by atoms with Crippen LogP contribution in [0.2, 0.25) is 5.02 Å². The highest BCUT2D eigenvalue weighted by Crippen LogP contribution is 2.39. The van der Waals surface area contributed by atoms with Gasteiger partial charge >= 0.3 is 5.97 Å². The molecule has 1 heterocycles. The zero-order valence-corrected chi connectivity index (χ0v) is 16.6. The van der Waals surface area contributed by atoms with Crippen LogP contribution >= 0.6 is 11.6 Å². The second-order valence-corrected chi connectivity index (χ2v) is 6.35. The van der Waals surface area contributed by atoms with Crippen molar-refractivity contribution in [3.8, 4) is 28.7 Å². The van der Waals surface area contributed by atoms with E-state index < -0.39 is 5.97 Å². The largest absolute Gasteiger partial charge is 0.493 e. The molecule has 2 aromatic rings. The van der Waals surface area contributed by atoms with Crippen molar-refractivity contribution in [2.75, 3.05) is 34.5 Å². The van der Waals surface area contributed by atoms with Crippen LogP contribution in [0.3, 0.4) is 0 Å². The van der Waals surface area contributed by atoms with Gasteiger partial charge < -0.3 is 28.4 Å². The van der Waals surface area contributed by atoms with E-state index in [-0.39, 0.29) is 12.2 Å². The minimum absolute atomic E-state index is 0.0197. The molecule has 3 rings (SSSR count). The van der Waals surface area contributed by atoms with Gasteiger partial charge in [-0.25, -0.2) is 4.79 Å². The number of carbonyl (C=O) groups is 1. The number of benzene rings is 2. The number of carbonyl (C=O) groups excluding carboxylic acids is 1. The molecule has 0 spiro atoms. The number of hydrogen-bond donors (Lipinski definition) is 0. The Morgan fingerprint density at radius 2 is 1.68 bits per heavy atom. The van der Waals surface area contributed by atoms with Crippen LogP contribution in [0, 0.1) is 0 Å². The fourth-order valence-electron chi connectivity index (χ4n) is 2.80. The first-order chi connectivity index (χ1) is 13.6. The number of methoxy groups -OCH3 is 3. The fraction of sp³-hybridized carbons (Fsp3) is 0.350. The van der Waals surface area contributed by atoms with Crippen LogP contribution in [0.4, 0.5) is 0 Å². The highest BCUT2D eigenvalue weighted by Gasteiger charge is 2.19. The summed E-state index contributed by atoms with van der Waals surface area (Å²) in [6, 6.07) is 6.52. The van der Waals surface area contributed by atoms with Crippen molar-refractivity contribution in [1.29, 1.82) is 0 Å². The number of esters is 1. The molecule has 150 valence electrons. The lowest BCUT2D eigenvalue weighted by atomic mass is 10.1. The van der Waals surface area contributed by atoms with Crippen molar-refractivity contribution in [3.05, 3.63) is 40.4 Å². The van der Waals surface area contributed by atoms with Crippen molar-refractivity contribution in [1.82, 2.24) is 0 Å². The molecule has 0 N–H and O–H groups in total. The van der Waals surface area contributed by atoms with Gasteiger partial charge in [-0.2, -0.15) is 0 Å². The summed E-state index contributed by atoms with van der Waals surface area (Å²) in [7, 11) is 4.45. The fourth-order valence-corrected chi connectivity index (χ4v) is 3.09. The maximum Gasteiger partial charge on any atom is 0.338 e. The summed E-state index contributed by atoms with van der Waals surface area (Å²) >= 11 is 6.27. The van der Waals surface area contributed by atoms with Gasteiger partial charge in [0.05, 0.1) is 45.1 Å². The van der Waals surface area contributed by atoms with Crippen molar-refractivity contribution < 1.29 is 33.2 Å². The molecule has 2 aromatic carbocycles. The van der Waals surface area contributed by atoms with Gasteiger partial charge in [-0.1, -0.05) is 11.6 Å². The summed E-state index contributed by atoms with van der Waals surface area (Å²) in [5.41, 5.74) is 0.963. The van der Waals surface area contributed by atoms with Crippen LogP contribution in [0.25, 0.3) is 0 Å². The second kappa shape index (κ2) is 8.93. The van der Waals surface area contributed by atoms with E-state index in [4.69, 9.17) is 40.0 Å². The minimum atomic E-state index is -0.539. The van der Waals surface area contributed by atoms with Gasteiger partial charge in [-0.15, -0.1) is 0 Å². The van der Waals surface area contributed by atoms with Crippen molar-refractivity contribution >= 4 is 17.6 Å². The van der Waals surface area contributed by atoms with Crippen molar-refractivity contribution in [2.45, 2.75) is 13.0 Å². The van der Waals surface area contributed by atoms with E-state index in [1.807, 2.05) is 0 Å². The molecular weight excluding hydrogens is 388 g/mol. The Hall–Kier alpha value is -2.80. The predicted molar refractivity (Wildman–Crippen MR) is 102 cm³/mol. The maximum atomic E-state index is 12.5. The molecule has 0 saturated heterocycles. The zero-order chi connectivity index (χ0) is 20.1. The Morgan fingerprint density at radius 3 is 2.32 bits per heavy atom. The number of halogens is 1. The van der Waals surface area contributed by atoms with Gasteiger partial charge in [-0.05, 0) is 29.8 Å². The van der Waals surface area contributed by atoms with E-state index >= 15 is 0 Å². The molecule has 0 amide bonds. The van der Waals surface area contributed by atoms with Gasteiger partial charge in [0.1, 0.15) is 6.61 Å². The van der Waals surface area contributed by atoms with Gasteiger partial charge in [0.25, 0.3) is 0 Å². The summed E-state index contributed by atoms with van der Waals surface area (Å²) in [5, 5.41) is 0.415. The van der Waals surface area contributed by atoms with E-state index in [2.05, 4.69) is 0 Å². The molecule has 0 atom stereocenters. The molecule has 0 unspecified atom stereocenters. The number of hydrogen-bond acceptors (Lipinski definition) is 7. The van der Waals surface area contributed by atoms with Crippen LogP contribution in [-0.4, -0.2) is 40.5 Å². The Morgan fingerprint density at radius 1 is 1.00 bits per heavy atom. The normalized spacial score (nSPS) is 12.7. The molecular formula is C20H21ClO7. The Kier molecular flexibility index (Phi) is 6.36. The lowest BCUT2D eigenvalue weighted by Crippen LogP contribution is -2.07. The smallest absolute Gasteiger partial charge is 0.338 e. The summed E-state index contributed by atoms with van der Waals surface area (Å²) in [6.07, 6.45) is 0.774. The van der Waals surface area contributed by atoms with E-state index in [0.29, 0.717) is 52.5 Å². The standard InChI is InChI=1S/C20H21ClO7/c1-23-15-9-13(10-16(24-2)19(15)25-3)20(22)28-11-12-7-14(21)18-17(8-12)26-5-4-6-27-18/h7-10H,4-6,11H2,1-3H3. The van der Waals surface area contributed by atoms with Gasteiger partial charge in [0.15, 0.2) is 23.0 Å². The highest BCUT2D eigenvalue weighted by atomic mass is 35.5. The van der Waals surface area contributed by atoms with Crippen LogP contribution in [0.5, 0.6) is 28.7 Å². The Balaban J connectivity index is 1.77. The molecule has 7 nitrogen and oxygen atoms in total. The van der Waals surface area contributed by atoms with E-state index in [0.717, 1.165) is 6.42 Å². The number of ether oxygens (including phenoxy) is 6. The minimum Gasteiger partial charge on any atom is -0.493 e. The topological polar surface area (TPSA) is 72.5 Å². The molecule has 28 heavy (non-hydrogen) atoms. The molecule has 8 heteroatoms. The first-order valence-electron chi connectivity index (χ1n) is 8.62. The monoisotopic (exact) mass is 408 g/mol. The molecule has 0 radical (unpaired) electrons. The first-order valence-corrected chi connectivity index (χ1v) is 9.00. The predicted octanol–water partition coefficient (Wildman–Crippen LogP) is 3.88. The van der Waals surface area contributed by atoms with Crippen LogP contribution in [0.15, 0.2) is 24.3 Å². The number of rotatable bonds is 6. The second-order valence-electron chi connectivity index (χ2n) is 5.95. The molecule has 0 aliphatic carbocycles. The first kappa shape index (κ1) is 19.9. The van der Waals surface area contributed by atoms with Gasteiger partial charge in [0.2, 0.25) is 5.75 Å². The molecule has 0 bridgehead atoms. The average molecular weight is 409 g/mol. The van der Waals surface area contributed by atoms with Crippen LogP contribution in [-0.2, 0) is 11.3 Å². The Labute approximate surface area is 168 Å². The molecule has 1 aliphatic heterocycles. The SMILES string of the molecule is COc1cc(C(=O)OCc2cc(Cl)c3c(c2)OCCCO3)cc(OC)c1OC. The summed E-state index contributed by atoms with van der Waals surface area (Å²) in [4.78, 5) is 12.5. The summed E-state index contributed by atoms with van der Waals surface area (Å²) in [5.74, 6) is 1.65. The lowest BCUT2D eigenvalue weighted by molar-refractivity contribution is 0.0471. The summed E-state index contributed by atoms with van der Waals surface area (Å²) in [6.45, 7) is 1.10. The van der Waals surface area contributed by atoms with Crippen molar-refractivity contribution in [2.24, 2.45) is 0 Å². The van der Waals surface area contributed by atoms with Crippen molar-refractivity contribution in [3.63, 3.8) is 0 Å². The molecule has 0 saturated carbocycles. The van der Waals surface area contributed by atoms with Gasteiger partial charge in [-0.3, -0.25) is 0 Å². The average Bonchev–Trinajstić information content (AvgIpc) is 2.96. The van der Waals surface area contributed by atoms with E-state index in [9.17, 15) is 4.79 Å². The molecule has 0 aromatic heterocycles.